The van der Waals surface area contributed by atoms with Gasteiger partial charge in [0.25, 0.3) is 21.8 Å². The Morgan fingerprint density at radius 3 is 2.19 bits per heavy atom. The van der Waals surface area contributed by atoms with Gasteiger partial charge in [0.15, 0.2) is 0 Å². The summed E-state index contributed by atoms with van der Waals surface area (Å²) in [5.74, 6) is 0.393. The summed E-state index contributed by atoms with van der Waals surface area (Å²) in [6.07, 6.45) is 0. The van der Waals surface area contributed by atoms with Gasteiger partial charge in [-0.2, -0.15) is 0 Å². The average Bonchev–Trinajstić information content (AvgIpc) is 3.02. The number of hydrogen-bond acceptors (Lipinski definition) is 7. The molecule has 0 fully saturated rings. The molecule has 0 radical (unpaired) electrons. The molecule has 0 unspecified atom stereocenters. The minimum absolute atomic E-state index is 0.0459. The quantitative estimate of drug-likeness (QED) is 0.201. The molecule has 11 heteroatoms. The molecule has 43 heavy (non-hydrogen) atoms. The van der Waals surface area contributed by atoms with E-state index in [1.54, 1.807) is 100 Å². The molecular weight excluding hydrogens is 568 g/mol. The number of hydrogen-bond donors (Lipinski definition) is 3. The van der Waals surface area contributed by atoms with Crippen molar-refractivity contribution in [2.45, 2.75) is 4.90 Å². The third kappa shape index (κ3) is 7.83. The van der Waals surface area contributed by atoms with Crippen molar-refractivity contribution in [3.05, 3.63) is 102 Å². The summed E-state index contributed by atoms with van der Waals surface area (Å²) < 4.78 is 40.2. The number of nitrogens with one attached hydrogen (secondary N) is 3. The van der Waals surface area contributed by atoms with Crippen molar-refractivity contribution < 1.29 is 27.5 Å². The minimum atomic E-state index is -4.06. The maximum atomic E-state index is 13.5. The Bertz CT molecular complexity index is 1720. The van der Waals surface area contributed by atoms with Crippen molar-refractivity contribution in [1.82, 2.24) is 10.2 Å². The van der Waals surface area contributed by atoms with Crippen LogP contribution < -0.4 is 24.8 Å². The summed E-state index contributed by atoms with van der Waals surface area (Å²) in [5.41, 5.74) is 3.29. The zero-order chi connectivity index (χ0) is 31.0. The second-order valence-corrected chi connectivity index (χ2v) is 11.4. The van der Waals surface area contributed by atoms with Gasteiger partial charge in [-0.15, -0.1) is 0 Å². The Balaban J connectivity index is 1.45. The molecule has 0 saturated carbocycles. The van der Waals surface area contributed by atoms with Gasteiger partial charge in [0.1, 0.15) is 16.4 Å². The normalized spacial score (nSPS) is 10.9. The van der Waals surface area contributed by atoms with Crippen LogP contribution in [0.1, 0.15) is 20.7 Å². The molecule has 0 heterocycles. The van der Waals surface area contributed by atoms with Crippen LogP contribution in [0, 0.1) is 0 Å². The summed E-state index contributed by atoms with van der Waals surface area (Å²) in [4.78, 5) is 26.3. The van der Waals surface area contributed by atoms with Crippen molar-refractivity contribution >= 4 is 33.2 Å². The Morgan fingerprint density at radius 1 is 0.744 bits per heavy atom. The van der Waals surface area contributed by atoms with E-state index in [9.17, 15) is 18.0 Å². The highest BCUT2D eigenvalue weighted by molar-refractivity contribution is 7.92. The van der Waals surface area contributed by atoms with Crippen LogP contribution in [-0.4, -0.2) is 66.5 Å². The number of ether oxygens (including phenoxy) is 2. The molecule has 0 aliphatic heterocycles. The second kappa shape index (κ2) is 13.8. The zero-order valence-electron chi connectivity index (χ0n) is 24.4. The molecule has 224 valence electrons. The molecule has 2 amide bonds. The topological polar surface area (TPSA) is 126 Å². The molecule has 0 atom stereocenters. The lowest BCUT2D eigenvalue weighted by molar-refractivity contribution is 0.0827. The smallest absolute Gasteiger partial charge is 0.265 e. The van der Waals surface area contributed by atoms with Gasteiger partial charge in [-0.3, -0.25) is 14.3 Å². The predicted molar refractivity (Wildman–Crippen MR) is 168 cm³/mol. The fourth-order valence-corrected chi connectivity index (χ4v) is 5.55. The zero-order valence-corrected chi connectivity index (χ0v) is 25.2. The van der Waals surface area contributed by atoms with E-state index in [0.29, 0.717) is 52.5 Å². The molecule has 0 aliphatic rings. The molecule has 3 N–H and O–H groups in total. The van der Waals surface area contributed by atoms with Gasteiger partial charge in [-0.05, 0) is 71.8 Å². The van der Waals surface area contributed by atoms with Crippen LogP contribution in [0.4, 0.5) is 11.4 Å². The first-order valence-electron chi connectivity index (χ1n) is 13.4. The number of benzene rings is 4. The molecule has 0 bridgehead atoms. The number of carbonyl (C=O) groups excluding carboxylic acids is 2. The summed E-state index contributed by atoms with van der Waals surface area (Å²) in [6.45, 7) is 0.758. The Hall–Kier alpha value is -5.03. The van der Waals surface area contributed by atoms with E-state index in [-0.39, 0.29) is 22.5 Å². The average molecular weight is 603 g/mol. The number of amides is 2. The van der Waals surface area contributed by atoms with Gasteiger partial charge >= 0.3 is 0 Å². The monoisotopic (exact) mass is 602 g/mol. The van der Waals surface area contributed by atoms with Gasteiger partial charge in [0, 0.05) is 44.0 Å². The van der Waals surface area contributed by atoms with Crippen molar-refractivity contribution in [2.75, 3.05) is 51.4 Å². The lowest BCUT2D eigenvalue weighted by atomic mass is 10.0. The first-order valence-corrected chi connectivity index (χ1v) is 14.9. The van der Waals surface area contributed by atoms with E-state index in [1.165, 1.54) is 18.1 Å². The van der Waals surface area contributed by atoms with E-state index in [0.717, 1.165) is 0 Å². The van der Waals surface area contributed by atoms with Gasteiger partial charge < -0.3 is 25.0 Å². The Labute approximate surface area is 251 Å². The van der Waals surface area contributed by atoms with E-state index in [4.69, 9.17) is 9.47 Å². The van der Waals surface area contributed by atoms with Crippen LogP contribution in [0.3, 0.4) is 0 Å². The van der Waals surface area contributed by atoms with Gasteiger partial charge in [0.05, 0.1) is 19.9 Å². The fraction of sp³-hybridized carbons (Fsp3) is 0.188. The van der Waals surface area contributed by atoms with Crippen LogP contribution in [0.5, 0.6) is 11.5 Å². The molecule has 10 nitrogen and oxygen atoms in total. The molecular formula is C32H34N4O6S. The van der Waals surface area contributed by atoms with Gasteiger partial charge in [0.2, 0.25) is 0 Å². The molecule has 4 aromatic rings. The Morgan fingerprint density at radius 2 is 1.44 bits per heavy atom. The molecule has 0 aliphatic carbocycles. The van der Waals surface area contributed by atoms with Crippen LogP contribution in [0.2, 0.25) is 0 Å². The third-order valence-electron chi connectivity index (χ3n) is 6.49. The lowest BCUT2D eigenvalue weighted by Crippen LogP contribution is -2.28. The van der Waals surface area contributed by atoms with E-state index in [1.807, 2.05) is 6.07 Å². The maximum absolute atomic E-state index is 13.5. The van der Waals surface area contributed by atoms with E-state index < -0.39 is 10.0 Å². The number of anilines is 2. The second-order valence-electron chi connectivity index (χ2n) is 9.75. The van der Waals surface area contributed by atoms with Crippen LogP contribution in [0.25, 0.3) is 11.1 Å². The summed E-state index contributed by atoms with van der Waals surface area (Å²) in [5, 5.41) is 6.02. The standard InChI is InChI=1S/C32H34N4O6S/c1-36(2)32(38)25-10-5-8-22(18-25)23-14-15-29(42-4)30(20-23)43(39,40)35-27-12-7-11-26(21-27)33-16-17-34-31(37)24-9-6-13-28(19-24)41-3/h5-15,18-21,33,35H,16-17H2,1-4H3,(H,34,37). The summed E-state index contributed by atoms with van der Waals surface area (Å²) in [7, 11) is 2.23. The van der Waals surface area contributed by atoms with Crippen molar-refractivity contribution in [3.8, 4) is 22.6 Å². The number of carbonyl (C=O) groups is 2. The van der Waals surface area contributed by atoms with Crippen LogP contribution >= 0.6 is 0 Å². The highest BCUT2D eigenvalue weighted by Crippen LogP contribution is 2.32. The maximum Gasteiger partial charge on any atom is 0.265 e. The molecule has 0 aromatic heterocycles. The minimum Gasteiger partial charge on any atom is -0.497 e. The predicted octanol–water partition coefficient (Wildman–Crippen LogP) is 4.72. The number of rotatable bonds is 12. The van der Waals surface area contributed by atoms with Crippen molar-refractivity contribution in [2.24, 2.45) is 0 Å². The van der Waals surface area contributed by atoms with E-state index in [2.05, 4.69) is 15.4 Å². The van der Waals surface area contributed by atoms with Gasteiger partial charge in [-0.25, -0.2) is 8.42 Å². The SMILES string of the molecule is COc1cccc(C(=O)NCCNc2cccc(NS(=O)(=O)c3cc(-c4cccc(C(=O)N(C)C)c4)ccc3OC)c2)c1. The first-order chi connectivity index (χ1) is 20.6. The van der Waals surface area contributed by atoms with Crippen molar-refractivity contribution in [3.63, 3.8) is 0 Å². The number of sulfonamides is 1. The fourth-order valence-electron chi connectivity index (χ4n) is 4.31. The van der Waals surface area contributed by atoms with Gasteiger partial charge in [-0.1, -0.05) is 30.3 Å². The largest absolute Gasteiger partial charge is 0.497 e. The third-order valence-corrected chi connectivity index (χ3v) is 7.89. The van der Waals surface area contributed by atoms with Crippen LogP contribution in [0.15, 0.2) is 95.9 Å². The number of nitrogens with zero attached hydrogens (tertiary/aromatic N) is 1. The molecule has 0 saturated heterocycles. The molecule has 4 rings (SSSR count). The first kappa shape index (κ1) is 30.9. The molecule has 0 spiro atoms. The van der Waals surface area contributed by atoms with Crippen LogP contribution in [-0.2, 0) is 10.0 Å². The molecule has 4 aromatic carbocycles. The Kier molecular flexibility index (Phi) is 9.89. The highest BCUT2D eigenvalue weighted by atomic mass is 32.2. The summed E-state index contributed by atoms with van der Waals surface area (Å²) >= 11 is 0. The summed E-state index contributed by atoms with van der Waals surface area (Å²) in [6, 6.07) is 25.5. The number of methoxy groups -OCH3 is 2. The lowest BCUT2D eigenvalue weighted by Gasteiger charge is -2.15. The highest BCUT2D eigenvalue weighted by Gasteiger charge is 2.21. The van der Waals surface area contributed by atoms with E-state index >= 15 is 0 Å². The van der Waals surface area contributed by atoms with Crippen molar-refractivity contribution in [1.29, 1.82) is 0 Å².